The highest BCUT2D eigenvalue weighted by molar-refractivity contribution is 4.78. The molecule has 0 aromatic carbocycles. The van der Waals surface area contributed by atoms with E-state index in [-0.39, 0.29) is 0 Å². The van der Waals surface area contributed by atoms with Crippen molar-refractivity contribution in [2.45, 2.75) is 38.6 Å². The Morgan fingerprint density at radius 3 is 2.77 bits per heavy atom. The Kier molecular flexibility index (Phi) is 2.86. The second kappa shape index (κ2) is 3.95. The molecule has 3 heteroatoms. The molecule has 0 radical (unpaired) electrons. The number of hydrogen-bond acceptors (Lipinski definition) is 3. The fraction of sp³-hybridized carbons (Fsp3) is 1.00. The van der Waals surface area contributed by atoms with Crippen molar-refractivity contribution in [3.8, 4) is 0 Å². The van der Waals surface area contributed by atoms with Crippen LogP contribution in [0.5, 0.6) is 0 Å². The summed E-state index contributed by atoms with van der Waals surface area (Å²) in [5.41, 5.74) is 0. The molecule has 0 spiro atoms. The SMILES string of the molecule is CC1CCN(C[C@@H]2CO2)CC(C)O1. The average molecular weight is 185 g/mol. The van der Waals surface area contributed by atoms with Gasteiger partial charge in [0.2, 0.25) is 0 Å². The number of ether oxygens (including phenoxy) is 2. The van der Waals surface area contributed by atoms with Crippen LogP contribution in [0.1, 0.15) is 20.3 Å². The van der Waals surface area contributed by atoms with Crippen molar-refractivity contribution in [1.82, 2.24) is 4.90 Å². The molecule has 0 aliphatic carbocycles. The largest absolute Gasteiger partial charge is 0.374 e. The fourth-order valence-electron chi connectivity index (χ4n) is 1.95. The summed E-state index contributed by atoms with van der Waals surface area (Å²) in [6.45, 7) is 8.59. The van der Waals surface area contributed by atoms with Crippen LogP contribution in [0.2, 0.25) is 0 Å². The molecule has 13 heavy (non-hydrogen) atoms. The van der Waals surface area contributed by atoms with Crippen molar-refractivity contribution < 1.29 is 9.47 Å². The van der Waals surface area contributed by atoms with Crippen LogP contribution >= 0.6 is 0 Å². The highest BCUT2D eigenvalue weighted by Gasteiger charge is 2.27. The molecule has 2 unspecified atom stereocenters. The molecule has 2 aliphatic rings. The van der Waals surface area contributed by atoms with Gasteiger partial charge in [-0.2, -0.15) is 0 Å². The van der Waals surface area contributed by atoms with Crippen LogP contribution < -0.4 is 0 Å². The normalized spacial score (nSPS) is 41.5. The van der Waals surface area contributed by atoms with Crippen LogP contribution in [-0.2, 0) is 9.47 Å². The molecule has 76 valence electrons. The lowest BCUT2D eigenvalue weighted by molar-refractivity contribution is 0.0139. The Labute approximate surface area is 80.0 Å². The predicted molar refractivity (Wildman–Crippen MR) is 50.8 cm³/mol. The summed E-state index contributed by atoms with van der Waals surface area (Å²) in [6.07, 6.45) is 2.45. The summed E-state index contributed by atoms with van der Waals surface area (Å²) in [6, 6.07) is 0. The Morgan fingerprint density at radius 2 is 2.08 bits per heavy atom. The third-order valence-electron chi connectivity index (χ3n) is 2.70. The highest BCUT2D eigenvalue weighted by Crippen LogP contribution is 2.16. The molecule has 0 bridgehead atoms. The van der Waals surface area contributed by atoms with Gasteiger partial charge in [-0.1, -0.05) is 0 Å². The van der Waals surface area contributed by atoms with Crippen molar-refractivity contribution in [2.75, 3.05) is 26.2 Å². The Hall–Kier alpha value is -0.120. The van der Waals surface area contributed by atoms with Gasteiger partial charge in [-0.3, -0.25) is 4.90 Å². The molecule has 2 aliphatic heterocycles. The van der Waals surface area contributed by atoms with Crippen molar-refractivity contribution in [1.29, 1.82) is 0 Å². The van der Waals surface area contributed by atoms with E-state index < -0.39 is 0 Å². The zero-order valence-electron chi connectivity index (χ0n) is 8.53. The fourth-order valence-corrected chi connectivity index (χ4v) is 1.95. The summed E-state index contributed by atoms with van der Waals surface area (Å²) >= 11 is 0. The van der Waals surface area contributed by atoms with Crippen LogP contribution in [0, 0.1) is 0 Å². The molecule has 2 fully saturated rings. The van der Waals surface area contributed by atoms with E-state index >= 15 is 0 Å². The van der Waals surface area contributed by atoms with E-state index in [9.17, 15) is 0 Å². The van der Waals surface area contributed by atoms with Gasteiger partial charge in [0, 0.05) is 19.6 Å². The van der Waals surface area contributed by atoms with E-state index in [1.807, 2.05) is 0 Å². The van der Waals surface area contributed by atoms with E-state index in [1.165, 1.54) is 0 Å². The summed E-state index contributed by atoms with van der Waals surface area (Å²) in [7, 11) is 0. The minimum absolute atomic E-state index is 0.372. The molecule has 0 N–H and O–H groups in total. The molecule has 0 amide bonds. The van der Waals surface area contributed by atoms with Crippen molar-refractivity contribution in [3.05, 3.63) is 0 Å². The molecule has 0 aromatic heterocycles. The number of rotatable bonds is 2. The number of nitrogens with zero attached hydrogens (tertiary/aromatic N) is 1. The first-order chi connectivity index (χ1) is 6.24. The molecule has 0 aromatic rings. The summed E-state index contributed by atoms with van der Waals surface area (Å²) in [5.74, 6) is 0. The zero-order chi connectivity index (χ0) is 9.26. The molecule has 3 nitrogen and oxygen atoms in total. The van der Waals surface area contributed by atoms with E-state index in [1.54, 1.807) is 0 Å². The predicted octanol–water partition coefficient (Wildman–Crippen LogP) is 0.884. The summed E-state index contributed by atoms with van der Waals surface area (Å²) < 4.78 is 11.0. The van der Waals surface area contributed by atoms with Crippen LogP contribution in [-0.4, -0.2) is 49.5 Å². The first kappa shape index (κ1) is 9.44. The van der Waals surface area contributed by atoms with Gasteiger partial charge in [0.05, 0.1) is 24.9 Å². The Bertz CT molecular complexity index is 170. The molecule has 3 atom stereocenters. The van der Waals surface area contributed by atoms with Crippen molar-refractivity contribution >= 4 is 0 Å². The maximum atomic E-state index is 5.76. The lowest BCUT2D eigenvalue weighted by Crippen LogP contribution is -2.33. The quantitative estimate of drug-likeness (QED) is 0.597. The molecule has 2 saturated heterocycles. The molecular formula is C10H19NO2. The van der Waals surface area contributed by atoms with Gasteiger partial charge in [-0.25, -0.2) is 0 Å². The van der Waals surface area contributed by atoms with E-state index in [2.05, 4.69) is 18.7 Å². The van der Waals surface area contributed by atoms with E-state index in [0.29, 0.717) is 18.3 Å². The average Bonchev–Trinajstić information content (AvgIpc) is 2.83. The standard InChI is InChI=1S/C10H19NO2/c1-8-3-4-11(5-9(2)13-8)6-10-7-12-10/h8-10H,3-7H2,1-2H3/t8?,9?,10-/m1/s1. The second-order valence-corrected chi connectivity index (χ2v) is 4.26. The highest BCUT2D eigenvalue weighted by atomic mass is 16.6. The van der Waals surface area contributed by atoms with Crippen LogP contribution in [0.3, 0.4) is 0 Å². The van der Waals surface area contributed by atoms with E-state index in [4.69, 9.17) is 9.47 Å². The van der Waals surface area contributed by atoms with Crippen LogP contribution in [0.4, 0.5) is 0 Å². The lowest BCUT2D eigenvalue weighted by Gasteiger charge is -2.20. The topological polar surface area (TPSA) is 25.0 Å². The van der Waals surface area contributed by atoms with Gasteiger partial charge < -0.3 is 9.47 Å². The second-order valence-electron chi connectivity index (χ2n) is 4.26. The monoisotopic (exact) mass is 185 g/mol. The maximum absolute atomic E-state index is 5.76. The molecule has 2 rings (SSSR count). The van der Waals surface area contributed by atoms with E-state index in [0.717, 1.165) is 32.7 Å². The summed E-state index contributed by atoms with van der Waals surface area (Å²) in [5, 5.41) is 0. The van der Waals surface area contributed by atoms with Gasteiger partial charge in [-0.15, -0.1) is 0 Å². The first-order valence-electron chi connectivity index (χ1n) is 5.23. The molecule has 0 saturated carbocycles. The van der Waals surface area contributed by atoms with Crippen molar-refractivity contribution in [2.24, 2.45) is 0 Å². The first-order valence-corrected chi connectivity index (χ1v) is 5.23. The lowest BCUT2D eigenvalue weighted by atomic mass is 10.2. The zero-order valence-corrected chi connectivity index (χ0v) is 8.53. The third kappa shape index (κ3) is 2.93. The summed E-state index contributed by atoms with van der Waals surface area (Å²) in [4.78, 5) is 2.46. The maximum Gasteiger partial charge on any atom is 0.0936 e. The van der Waals surface area contributed by atoms with Gasteiger partial charge in [-0.05, 0) is 20.3 Å². The Morgan fingerprint density at radius 1 is 1.31 bits per heavy atom. The Balaban J connectivity index is 1.81. The minimum atomic E-state index is 0.372. The molecule has 2 heterocycles. The van der Waals surface area contributed by atoms with Crippen molar-refractivity contribution in [3.63, 3.8) is 0 Å². The van der Waals surface area contributed by atoms with Crippen LogP contribution in [0.25, 0.3) is 0 Å². The van der Waals surface area contributed by atoms with Gasteiger partial charge in [0.1, 0.15) is 0 Å². The minimum Gasteiger partial charge on any atom is -0.374 e. The smallest absolute Gasteiger partial charge is 0.0936 e. The molecular weight excluding hydrogens is 166 g/mol. The number of hydrogen-bond donors (Lipinski definition) is 0. The third-order valence-corrected chi connectivity index (χ3v) is 2.70. The van der Waals surface area contributed by atoms with Crippen LogP contribution in [0.15, 0.2) is 0 Å². The number of epoxide rings is 1. The van der Waals surface area contributed by atoms with Gasteiger partial charge >= 0.3 is 0 Å². The van der Waals surface area contributed by atoms with Gasteiger partial charge in [0.15, 0.2) is 0 Å². The van der Waals surface area contributed by atoms with Gasteiger partial charge in [0.25, 0.3) is 0 Å².